The highest BCUT2D eigenvalue weighted by molar-refractivity contribution is 7.89. The van der Waals surface area contributed by atoms with Crippen LogP contribution in [0.5, 0.6) is 5.75 Å². The molecule has 1 aliphatic rings. The summed E-state index contributed by atoms with van der Waals surface area (Å²) in [4.78, 5) is 15.4. The molecule has 9 heteroatoms. The Morgan fingerprint density at radius 2 is 1.75 bits per heavy atom. The number of methoxy groups -OCH3 is 1. The van der Waals surface area contributed by atoms with Crippen LogP contribution < -0.4 is 14.8 Å². The van der Waals surface area contributed by atoms with E-state index in [0.29, 0.717) is 18.7 Å². The molecular formula is C23H39N3O5S. The van der Waals surface area contributed by atoms with E-state index in [1.54, 1.807) is 12.1 Å². The Labute approximate surface area is 193 Å². The van der Waals surface area contributed by atoms with Crippen LogP contribution in [0.2, 0.25) is 0 Å². The van der Waals surface area contributed by atoms with Crippen molar-refractivity contribution in [1.82, 2.24) is 14.9 Å². The minimum absolute atomic E-state index is 0.0940. The molecule has 32 heavy (non-hydrogen) atoms. The number of sulfonamides is 1. The normalized spacial score (nSPS) is 21.4. The Morgan fingerprint density at radius 3 is 2.25 bits per heavy atom. The second-order valence-electron chi connectivity index (χ2n) is 9.67. The summed E-state index contributed by atoms with van der Waals surface area (Å²) >= 11 is 0. The number of benzene rings is 1. The van der Waals surface area contributed by atoms with Gasteiger partial charge >= 0.3 is 0 Å². The number of morpholine rings is 1. The Bertz CT molecular complexity index is 845. The summed E-state index contributed by atoms with van der Waals surface area (Å²) in [6, 6.07) is 5.24. The SMILES string of the molecule is COc1ccc(S(=O)(=O)NC(CC(C)C)C(=O)NCC(C)(C)N2CC(C)OC(C)C2)cc1. The van der Waals surface area contributed by atoms with Gasteiger partial charge in [0.05, 0.1) is 24.2 Å². The summed E-state index contributed by atoms with van der Waals surface area (Å²) in [6.45, 7) is 14.1. The smallest absolute Gasteiger partial charge is 0.241 e. The third-order valence-corrected chi connectivity index (χ3v) is 7.15. The first-order valence-corrected chi connectivity index (χ1v) is 12.7. The number of nitrogens with one attached hydrogen (secondary N) is 2. The number of hydrogen-bond acceptors (Lipinski definition) is 6. The topological polar surface area (TPSA) is 97.0 Å². The van der Waals surface area contributed by atoms with Crippen LogP contribution in [-0.2, 0) is 19.6 Å². The second kappa shape index (κ2) is 11.0. The van der Waals surface area contributed by atoms with E-state index in [1.165, 1.54) is 19.2 Å². The Morgan fingerprint density at radius 1 is 1.19 bits per heavy atom. The monoisotopic (exact) mass is 469 g/mol. The van der Waals surface area contributed by atoms with Crippen molar-refractivity contribution in [1.29, 1.82) is 0 Å². The van der Waals surface area contributed by atoms with E-state index in [9.17, 15) is 13.2 Å². The van der Waals surface area contributed by atoms with Crippen molar-refractivity contribution >= 4 is 15.9 Å². The number of carbonyl (C=O) groups is 1. The molecular weight excluding hydrogens is 430 g/mol. The first-order valence-electron chi connectivity index (χ1n) is 11.2. The van der Waals surface area contributed by atoms with Crippen molar-refractivity contribution in [2.24, 2.45) is 5.92 Å². The number of rotatable bonds is 10. The molecule has 1 aromatic carbocycles. The predicted octanol–water partition coefficient (Wildman–Crippen LogP) is 2.39. The van der Waals surface area contributed by atoms with Gasteiger partial charge in [0.25, 0.3) is 0 Å². The van der Waals surface area contributed by atoms with Crippen molar-refractivity contribution in [3.63, 3.8) is 0 Å². The van der Waals surface area contributed by atoms with Crippen LogP contribution in [0.15, 0.2) is 29.2 Å². The Balaban J connectivity index is 2.08. The molecule has 1 amide bonds. The van der Waals surface area contributed by atoms with Gasteiger partial charge in [-0.3, -0.25) is 9.69 Å². The summed E-state index contributed by atoms with van der Waals surface area (Å²) in [6.07, 6.45) is 0.644. The summed E-state index contributed by atoms with van der Waals surface area (Å²) in [7, 11) is -2.34. The molecule has 1 aliphatic heterocycles. The molecule has 0 saturated carbocycles. The minimum atomic E-state index is -3.86. The van der Waals surface area contributed by atoms with Crippen LogP contribution >= 0.6 is 0 Å². The summed E-state index contributed by atoms with van der Waals surface area (Å²) < 4.78 is 39.3. The fourth-order valence-electron chi connectivity index (χ4n) is 3.90. The van der Waals surface area contributed by atoms with Crippen molar-refractivity contribution < 1.29 is 22.7 Å². The predicted molar refractivity (Wildman–Crippen MR) is 125 cm³/mol. The number of amides is 1. The highest BCUT2D eigenvalue weighted by Gasteiger charge is 2.34. The molecule has 0 spiro atoms. The summed E-state index contributed by atoms with van der Waals surface area (Å²) in [5.74, 6) is 0.380. The fraction of sp³-hybridized carbons (Fsp3) is 0.696. The third kappa shape index (κ3) is 7.43. The molecule has 1 saturated heterocycles. The van der Waals surface area contributed by atoms with E-state index in [4.69, 9.17) is 9.47 Å². The quantitative estimate of drug-likeness (QED) is 0.546. The zero-order chi connectivity index (χ0) is 24.1. The van der Waals surface area contributed by atoms with E-state index in [-0.39, 0.29) is 34.5 Å². The van der Waals surface area contributed by atoms with E-state index < -0.39 is 16.1 Å². The van der Waals surface area contributed by atoms with Crippen LogP contribution in [-0.4, -0.2) is 69.8 Å². The molecule has 0 aliphatic carbocycles. The van der Waals surface area contributed by atoms with E-state index in [2.05, 4.69) is 28.8 Å². The maximum Gasteiger partial charge on any atom is 0.241 e. The molecule has 0 bridgehead atoms. The van der Waals surface area contributed by atoms with Gasteiger partial charge in [-0.2, -0.15) is 4.72 Å². The van der Waals surface area contributed by atoms with E-state index >= 15 is 0 Å². The van der Waals surface area contributed by atoms with Gasteiger partial charge in [-0.1, -0.05) is 13.8 Å². The second-order valence-corrected chi connectivity index (χ2v) is 11.4. The van der Waals surface area contributed by atoms with Gasteiger partial charge in [0.2, 0.25) is 15.9 Å². The lowest BCUT2D eigenvalue weighted by atomic mass is 9.99. The molecule has 0 aromatic heterocycles. The molecule has 3 atom stereocenters. The molecule has 3 unspecified atom stereocenters. The van der Waals surface area contributed by atoms with Crippen LogP contribution in [0.3, 0.4) is 0 Å². The van der Waals surface area contributed by atoms with Gasteiger partial charge in [0, 0.05) is 25.2 Å². The zero-order valence-corrected chi connectivity index (χ0v) is 21.2. The molecule has 8 nitrogen and oxygen atoms in total. The molecule has 1 fully saturated rings. The molecule has 1 aromatic rings. The summed E-state index contributed by atoms with van der Waals surface area (Å²) in [5, 5.41) is 2.98. The van der Waals surface area contributed by atoms with Crippen LogP contribution in [0.4, 0.5) is 0 Å². The average molecular weight is 470 g/mol. The number of ether oxygens (including phenoxy) is 2. The number of nitrogens with zero attached hydrogens (tertiary/aromatic N) is 1. The van der Waals surface area contributed by atoms with Gasteiger partial charge in [-0.25, -0.2) is 8.42 Å². The molecule has 182 valence electrons. The lowest BCUT2D eigenvalue weighted by Gasteiger charge is -2.45. The largest absolute Gasteiger partial charge is 0.497 e. The van der Waals surface area contributed by atoms with Crippen molar-refractivity contribution in [3.05, 3.63) is 24.3 Å². The molecule has 2 rings (SSSR count). The first-order chi connectivity index (χ1) is 14.8. The lowest BCUT2D eigenvalue weighted by Crippen LogP contribution is -2.60. The van der Waals surface area contributed by atoms with E-state index in [0.717, 1.165) is 13.1 Å². The summed E-state index contributed by atoms with van der Waals surface area (Å²) in [5.41, 5.74) is -0.292. The zero-order valence-electron chi connectivity index (χ0n) is 20.3. The molecule has 0 radical (unpaired) electrons. The standard InChI is InChI=1S/C23H39N3O5S/c1-16(2)12-21(25-32(28,29)20-10-8-19(30-7)9-11-20)22(27)24-15-23(5,6)26-13-17(3)31-18(4)14-26/h8-11,16-18,21,25H,12-15H2,1-7H3,(H,24,27). The van der Waals surface area contributed by atoms with Crippen LogP contribution in [0, 0.1) is 5.92 Å². The maximum absolute atomic E-state index is 13.0. The van der Waals surface area contributed by atoms with Crippen LogP contribution in [0.25, 0.3) is 0 Å². The minimum Gasteiger partial charge on any atom is -0.497 e. The fourth-order valence-corrected chi connectivity index (χ4v) is 5.11. The van der Waals surface area contributed by atoms with Gasteiger partial charge in [0.1, 0.15) is 11.8 Å². The molecule has 2 N–H and O–H groups in total. The van der Waals surface area contributed by atoms with Crippen molar-refractivity contribution in [3.8, 4) is 5.75 Å². The van der Waals surface area contributed by atoms with Gasteiger partial charge in [-0.15, -0.1) is 0 Å². The maximum atomic E-state index is 13.0. The first kappa shape index (κ1) is 26.6. The van der Waals surface area contributed by atoms with E-state index in [1.807, 2.05) is 27.7 Å². The Kier molecular flexibility index (Phi) is 9.10. The van der Waals surface area contributed by atoms with Crippen molar-refractivity contribution in [2.75, 3.05) is 26.7 Å². The molecule has 1 heterocycles. The third-order valence-electron chi connectivity index (χ3n) is 5.66. The lowest BCUT2D eigenvalue weighted by molar-refractivity contribution is -0.124. The number of carbonyl (C=O) groups excluding carboxylic acids is 1. The average Bonchev–Trinajstić information content (AvgIpc) is 2.70. The van der Waals surface area contributed by atoms with Gasteiger partial charge in [-0.05, 0) is 64.3 Å². The van der Waals surface area contributed by atoms with Crippen LogP contribution in [0.1, 0.15) is 48.0 Å². The highest BCUT2D eigenvalue weighted by Crippen LogP contribution is 2.21. The van der Waals surface area contributed by atoms with Crippen molar-refractivity contribution in [2.45, 2.75) is 76.6 Å². The highest BCUT2D eigenvalue weighted by atomic mass is 32.2. The number of hydrogen-bond donors (Lipinski definition) is 2. The van der Waals surface area contributed by atoms with Gasteiger partial charge in [0.15, 0.2) is 0 Å². The van der Waals surface area contributed by atoms with Gasteiger partial charge < -0.3 is 14.8 Å². The Hall–Kier alpha value is -1.68.